The smallest absolute Gasteiger partial charge is 0.335 e. The van der Waals surface area contributed by atoms with E-state index in [1.807, 2.05) is 0 Å². The average Bonchev–Trinajstić information content (AvgIpc) is 2.26. The number of methoxy groups -OCH3 is 1. The summed E-state index contributed by atoms with van der Waals surface area (Å²) in [5, 5.41) is 8.73. The van der Waals surface area contributed by atoms with Gasteiger partial charge in [-0.25, -0.2) is 9.18 Å². The highest BCUT2D eigenvalue weighted by Crippen LogP contribution is 2.11. The molecule has 6 heteroatoms. The Labute approximate surface area is 97.0 Å². The molecule has 0 radical (unpaired) electrons. The van der Waals surface area contributed by atoms with Crippen molar-refractivity contribution < 1.29 is 23.8 Å². The van der Waals surface area contributed by atoms with E-state index in [9.17, 15) is 14.0 Å². The zero-order valence-electron chi connectivity index (χ0n) is 9.14. The fourth-order valence-corrected chi connectivity index (χ4v) is 1.38. The van der Waals surface area contributed by atoms with Crippen molar-refractivity contribution in [3.05, 3.63) is 35.1 Å². The average molecular weight is 241 g/mol. The zero-order valence-corrected chi connectivity index (χ0v) is 9.14. The number of hydrogen-bond donors (Lipinski definition) is 2. The molecule has 1 atom stereocenters. The van der Waals surface area contributed by atoms with Gasteiger partial charge in [-0.3, -0.25) is 4.79 Å². The van der Waals surface area contributed by atoms with E-state index >= 15 is 0 Å². The van der Waals surface area contributed by atoms with Crippen molar-refractivity contribution in [3.63, 3.8) is 0 Å². The highest BCUT2D eigenvalue weighted by Gasteiger charge is 2.16. The van der Waals surface area contributed by atoms with Crippen LogP contribution in [0.2, 0.25) is 0 Å². The fourth-order valence-electron chi connectivity index (χ4n) is 1.38. The summed E-state index contributed by atoms with van der Waals surface area (Å²) < 4.78 is 17.5. The van der Waals surface area contributed by atoms with Crippen LogP contribution < -0.4 is 5.73 Å². The van der Waals surface area contributed by atoms with Crippen LogP contribution in [0.3, 0.4) is 0 Å². The highest BCUT2D eigenvalue weighted by atomic mass is 19.1. The Bertz CT molecular complexity index is 447. The molecule has 17 heavy (non-hydrogen) atoms. The van der Waals surface area contributed by atoms with Gasteiger partial charge in [-0.2, -0.15) is 0 Å². The maximum Gasteiger partial charge on any atom is 0.335 e. The largest absolute Gasteiger partial charge is 0.478 e. The first-order valence-electron chi connectivity index (χ1n) is 4.80. The Morgan fingerprint density at radius 1 is 1.47 bits per heavy atom. The third-order valence-electron chi connectivity index (χ3n) is 2.16. The van der Waals surface area contributed by atoms with Gasteiger partial charge in [-0.15, -0.1) is 0 Å². The molecule has 0 aliphatic rings. The number of carboxylic acids is 1. The van der Waals surface area contributed by atoms with E-state index < -0.39 is 23.8 Å². The second-order valence-electron chi connectivity index (χ2n) is 3.49. The van der Waals surface area contributed by atoms with Gasteiger partial charge < -0.3 is 15.6 Å². The van der Waals surface area contributed by atoms with Gasteiger partial charge in [0.15, 0.2) is 0 Å². The van der Waals surface area contributed by atoms with Crippen molar-refractivity contribution in [2.45, 2.75) is 12.5 Å². The van der Waals surface area contributed by atoms with E-state index in [1.165, 1.54) is 13.2 Å². The molecule has 0 unspecified atom stereocenters. The SMILES string of the molecule is COC(=O)[C@@H](N)Cc1cc(F)cc(C(=O)O)c1. The molecule has 1 aromatic rings. The number of carbonyl (C=O) groups excluding carboxylic acids is 1. The topological polar surface area (TPSA) is 89.6 Å². The molecular formula is C11H12FNO4. The molecule has 3 N–H and O–H groups in total. The predicted octanol–water partition coefficient (Wildman–Crippen LogP) is 0.567. The van der Waals surface area contributed by atoms with E-state index in [0.29, 0.717) is 5.56 Å². The summed E-state index contributed by atoms with van der Waals surface area (Å²) in [7, 11) is 1.19. The molecule has 0 heterocycles. The summed E-state index contributed by atoms with van der Waals surface area (Å²) in [5.74, 6) is -2.56. The first kappa shape index (κ1) is 13.1. The van der Waals surface area contributed by atoms with E-state index in [0.717, 1.165) is 12.1 Å². The summed E-state index contributed by atoms with van der Waals surface area (Å²) in [4.78, 5) is 21.8. The molecule has 1 rings (SSSR count). The van der Waals surface area contributed by atoms with E-state index in [1.54, 1.807) is 0 Å². The molecule has 0 saturated carbocycles. The summed E-state index contributed by atoms with van der Waals surface area (Å²) in [6.07, 6.45) is 0.0186. The zero-order chi connectivity index (χ0) is 13.0. The third kappa shape index (κ3) is 3.53. The van der Waals surface area contributed by atoms with Crippen LogP contribution >= 0.6 is 0 Å². The number of nitrogens with two attached hydrogens (primary N) is 1. The lowest BCUT2D eigenvalue weighted by Gasteiger charge is -2.09. The monoisotopic (exact) mass is 241 g/mol. The molecule has 0 aliphatic heterocycles. The molecule has 0 fully saturated rings. The molecule has 0 aliphatic carbocycles. The normalized spacial score (nSPS) is 11.9. The first-order chi connectivity index (χ1) is 7.93. The number of esters is 1. The van der Waals surface area contributed by atoms with Crippen molar-refractivity contribution in [1.82, 2.24) is 0 Å². The van der Waals surface area contributed by atoms with Crippen molar-refractivity contribution in [2.24, 2.45) is 5.73 Å². The number of benzene rings is 1. The Hall–Kier alpha value is -1.95. The molecule has 5 nitrogen and oxygen atoms in total. The second-order valence-corrected chi connectivity index (χ2v) is 3.49. The Morgan fingerprint density at radius 3 is 2.65 bits per heavy atom. The molecule has 0 aromatic heterocycles. The van der Waals surface area contributed by atoms with Crippen LogP contribution in [0.15, 0.2) is 18.2 Å². The summed E-state index contributed by atoms with van der Waals surface area (Å²) in [6.45, 7) is 0. The minimum absolute atomic E-state index is 0.0186. The number of aromatic carboxylic acids is 1. The second kappa shape index (κ2) is 5.40. The van der Waals surface area contributed by atoms with Crippen LogP contribution in [-0.4, -0.2) is 30.2 Å². The lowest BCUT2D eigenvalue weighted by atomic mass is 10.0. The van der Waals surface area contributed by atoms with Gasteiger partial charge in [0, 0.05) is 0 Å². The Morgan fingerprint density at radius 2 is 2.12 bits per heavy atom. The minimum atomic E-state index is -1.24. The fraction of sp³-hybridized carbons (Fsp3) is 0.273. The van der Waals surface area contributed by atoms with Crippen LogP contribution in [0.1, 0.15) is 15.9 Å². The van der Waals surface area contributed by atoms with Crippen LogP contribution in [0.4, 0.5) is 4.39 Å². The first-order valence-corrected chi connectivity index (χ1v) is 4.80. The van der Waals surface area contributed by atoms with Crippen LogP contribution in [0.5, 0.6) is 0 Å². The van der Waals surface area contributed by atoms with Gasteiger partial charge in [0.05, 0.1) is 12.7 Å². The number of ether oxygens (including phenoxy) is 1. The number of carboxylic acid groups (broad SMARTS) is 1. The van der Waals surface area contributed by atoms with Crippen molar-refractivity contribution in [3.8, 4) is 0 Å². The van der Waals surface area contributed by atoms with Gasteiger partial charge >= 0.3 is 11.9 Å². The quantitative estimate of drug-likeness (QED) is 0.752. The lowest BCUT2D eigenvalue weighted by molar-refractivity contribution is -0.142. The predicted molar refractivity (Wildman–Crippen MR) is 57.1 cm³/mol. The van der Waals surface area contributed by atoms with E-state index in [4.69, 9.17) is 10.8 Å². The summed E-state index contributed by atoms with van der Waals surface area (Å²) in [5.41, 5.74) is 5.64. The van der Waals surface area contributed by atoms with Crippen molar-refractivity contribution in [2.75, 3.05) is 7.11 Å². The van der Waals surface area contributed by atoms with Crippen molar-refractivity contribution in [1.29, 1.82) is 0 Å². The van der Waals surface area contributed by atoms with Gasteiger partial charge in [-0.1, -0.05) is 0 Å². The Balaban J connectivity index is 2.91. The Kier molecular flexibility index (Phi) is 4.17. The maximum atomic E-state index is 13.1. The lowest BCUT2D eigenvalue weighted by Crippen LogP contribution is -2.33. The van der Waals surface area contributed by atoms with Crippen LogP contribution in [0, 0.1) is 5.82 Å². The van der Waals surface area contributed by atoms with Gasteiger partial charge in [0.1, 0.15) is 11.9 Å². The molecular weight excluding hydrogens is 229 g/mol. The van der Waals surface area contributed by atoms with Gasteiger partial charge in [-0.05, 0) is 30.2 Å². The molecule has 92 valence electrons. The minimum Gasteiger partial charge on any atom is -0.478 e. The number of rotatable bonds is 4. The summed E-state index contributed by atoms with van der Waals surface area (Å²) in [6, 6.07) is 2.36. The molecule has 0 bridgehead atoms. The van der Waals surface area contributed by atoms with Gasteiger partial charge in [0.25, 0.3) is 0 Å². The van der Waals surface area contributed by atoms with Crippen molar-refractivity contribution >= 4 is 11.9 Å². The van der Waals surface area contributed by atoms with Crippen LogP contribution in [-0.2, 0) is 16.0 Å². The molecule has 0 amide bonds. The summed E-state index contributed by atoms with van der Waals surface area (Å²) >= 11 is 0. The number of halogens is 1. The van der Waals surface area contributed by atoms with Gasteiger partial charge in [0.2, 0.25) is 0 Å². The standard InChI is InChI=1S/C11H12FNO4/c1-17-11(16)9(13)4-6-2-7(10(14)15)5-8(12)3-6/h2-3,5,9H,4,13H2,1H3,(H,14,15)/t9-/m0/s1. The molecule has 1 aromatic carbocycles. The number of hydrogen-bond acceptors (Lipinski definition) is 4. The molecule has 0 saturated heterocycles. The van der Waals surface area contributed by atoms with E-state index in [2.05, 4.69) is 4.74 Å². The number of carbonyl (C=O) groups is 2. The highest BCUT2D eigenvalue weighted by molar-refractivity contribution is 5.87. The maximum absolute atomic E-state index is 13.1. The van der Waals surface area contributed by atoms with Crippen LogP contribution in [0.25, 0.3) is 0 Å². The third-order valence-corrected chi connectivity index (χ3v) is 2.16. The molecule has 0 spiro atoms. The van der Waals surface area contributed by atoms with E-state index in [-0.39, 0.29) is 12.0 Å².